The first kappa shape index (κ1) is 13.6. The summed E-state index contributed by atoms with van der Waals surface area (Å²) in [4.78, 5) is 0. The van der Waals surface area contributed by atoms with Crippen molar-refractivity contribution >= 4 is 75.1 Å². The molecule has 17 heavy (non-hydrogen) atoms. The van der Waals surface area contributed by atoms with Gasteiger partial charge in [0.1, 0.15) is 0 Å². The highest BCUT2D eigenvalue weighted by molar-refractivity contribution is 9.11. The number of halogens is 4. The summed E-state index contributed by atoms with van der Waals surface area (Å²) in [5, 5.41) is 3.36. The van der Waals surface area contributed by atoms with Crippen LogP contribution in [-0.2, 0) is 0 Å². The van der Waals surface area contributed by atoms with Gasteiger partial charge in [0.05, 0.1) is 11.4 Å². The van der Waals surface area contributed by atoms with Gasteiger partial charge in [0.15, 0.2) is 0 Å². The highest BCUT2D eigenvalue weighted by Crippen LogP contribution is 2.33. The quantitative estimate of drug-likeness (QED) is 0.514. The Morgan fingerprint density at radius 1 is 0.647 bits per heavy atom. The summed E-state index contributed by atoms with van der Waals surface area (Å²) in [5.74, 6) is 0. The van der Waals surface area contributed by atoms with Crippen LogP contribution in [0.2, 0.25) is 0 Å². The SMILES string of the molecule is Brc1ccc(Nc2ccc(Br)cc2Br)c(Br)c1. The maximum absolute atomic E-state index is 3.53. The number of benzene rings is 2. The molecule has 0 aromatic heterocycles. The molecule has 0 saturated heterocycles. The summed E-state index contributed by atoms with van der Waals surface area (Å²) in [5.41, 5.74) is 2.05. The Hall–Kier alpha value is 0.160. The monoisotopic (exact) mass is 481 g/mol. The average Bonchev–Trinajstić information content (AvgIpc) is 2.25. The van der Waals surface area contributed by atoms with E-state index in [2.05, 4.69) is 69.0 Å². The lowest BCUT2D eigenvalue weighted by molar-refractivity contribution is 1.48. The maximum Gasteiger partial charge on any atom is 0.0529 e. The fourth-order valence-corrected chi connectivity index (χ4v) is 3.62. The zero-order chi connectivity index (χ0) is 12.4. The van der Waals surface area contributed by atoms with Crippen molar-refractivity contribution in [1.82, 2.24) is 0 Å². The molecule has 0 radical (unpaired) electrons. The van der Waals surface area contributed by atoms with Crippen LogP contribution in [0.15, 0.2) is 54.3 Å². The van der Waals surface area contributed by atoms with E-state index >= 15 is 0 Å². The van der Waals surface area contributed by atoms with E-state index in [-0.39, 0.29) is 0 Å². The van der Waals surface area contributed by atoms with Crippen LogP contribution in [0.1, 0.15) is 0 Å². The Bertz CT molecular complexity index is 505. The zero-order valence-corrected chi connectivity index (χ0v) is 14.8. The van der Waals surface area contributed by atoms with Crippen molar-refractivity contribution in [2.75, 3.05) is 5.32 Å². The Morgan fingerprint density at radius 2 is 1.06 bits per heavy atom. The van der Waals surface area contributed by atoms with E-state index < -0.39 is 0 Å². The van der Waals surface area contributed by atoms with E-state index in [0.29, 0.717) is 0 Å². The minimum Gasteiger partial charge on any atom is -0.354 e. The summed E-state index contributed by atoms with van der Waals surface area (Å²) >= 11 is 13.9. The second-order valence-corrected chi connectivity index (χ2v) is 6.91. The van der Waals surface area contributed by atoms with Crippen molar-refractivity contribution in [1.29, 1.82) is 0 Å². The molecule has 1 nitrogen and oxygen atoms in total. The first-order valence-electron chi connectivity index (χ1n) is 4.73. The van der Waals surface area contributed by atoms with Gasteiger partial charge in [-0.05, 0) is 68.3 Å². The zero-order valence-electron chi connectivity index (χ0n) is 8.48. The molecule has 0 aliphatic carbocycles. The van der Waals surface area contributed by atoms with Crippen molar-refractivity contribution < 1.29 is 0 Å². The van der Waals surface area contributed by atoms with E-state index in [1.54, 1.807) is 0 Å². The molecular formula is C12H7Br4N. The van der Waals surface area contributed by atoms with E-state index in [1.165, 1.54) is 0 Å². The van der Waals surface area contributed by atoms with Crippen LogP contribution in [0.25, 0.3) is 0 Å². The van der Waals surface area contributed by atoms with Gasteiger partial charge in [-0.15, -0.1) is 0 Å². The van der Waals surface area contributed by atoms with Gasteiger partial charge >= 0.3 is 0 Å². The molecule has 0 fully saturated rings. The minimum atomic E-state index is 1.02. The second kappa shape index (κ2) is 5.87. The number of nitrogens with one attached hydrogen (secondary N) is 1. The number of rotatable bonds is 2. The van der Waals surface area contributed by atoms with Crippen LogP contribution in [0, 0.1) is 0 Å². The molecular weight excluding hydrogens is 478 g/mol. The van der Waals surface area contributed by atoms with Crippen molar-refractivity contribution in [3.05, 3.63) is 54.3 Å². The second-order valence-electron chi connectivity index (χ2n) is 3.37. The van der Waals surface area contributed by atoms with Crippen LogP contribution < -0.4 is 5.32 Å². The first-order chi connectivity index (χ1) is 8.06. The maximum atomic E-state index is 3.53. The molecule has 0 bridgehead atoms. The normalized spacial score (nSPS) is 10.4. The molecule has 0 aliphatic heterocycles. The van der Waals surface area contributed by atoms with Gasteiger partial charge in [0, 0.05) is 17.9 Å². The Labute approximate surface area is 134 Å². The van der Waals surface area contributed by atoms with Gasteiger partial charge in [-0.2, -0.15) is 0 Å². The van der Waals surface area contributed by atoms with Crippen molar-refractivity contribution in [2.24, 2.45) is 0 Å². The van der Waals surface area contributed by atoms with E-state index in [4.69, 9.17) is 0 Å². The summed E-state index contributed by atoms with van der Waals surface area (Å²) in [6, 6.07) is 12.1. The van der Waals surface area contributed by atoms with Gasteiger partial charge in [0.25, 0.3) is 0 Å². The minimum absolute atomic E-state index is 1.02. The lowest BCUT2D eigenvalue weighted by Gasteiger charge is -2.11. The van der Waals surface area contributed by atoms with Crippen LogP contribution in [0.3, 0.4) is 0 Å². The predicted molar refractivity (Wildman–Crippen MR) is 87.0 cm³/mol. The van der Waals surface area contributed by atoms with Crippen LogP contribution in [0.5, 0.6) is 0 Å². The molecule has 2 aromatic rings. The number of anilines is 2. The topological polar surface area (TPSA) is 12.0 Å². The Kier molecular flexibility index (Phi) is 4.69. The van der Waals surface area contributed by atoms with Gasteiger partial charge in [-0.1, -0.05) is 31.9 Å². The summed E-state index contributed by atoms with van der Waals surface area (Å²) in [7, 11) is 0. The van der Waals surface area contributed by atoms with Gasteiger partial charge < -0.3 is 5.32 Å². The molecule has 0 atom stereocenters. The number of hydrogen-bond acceptors (Lipinski definition) is 1. The number of hydrogen-bond donors (Lipinski definition) is 1. The largest absolute Gasteiger partial charge is 0.354 e. The van der Waals surface area contributed by atoms with Crippen LogP contribution in [0.4, 0.5) is 11.4 Å². The summed E-state index contributed by atoms with van der Waals surface area (Å²) in [6.07, 6.45) is 0. The predicted octanol–water partition coefficient (Wildman–Crippen LogP) is 6.48. The van der Waals surface area contributed by atoms with Crippen molar-refractivity contribution in [2.45, 2.75) is 0 Å². The van der Waals surface area contributed by atoms with Crippen LogP contribution in [-0.4, -0.2) is 0 Å². The van der Waals surface area contributed by atoms with E-state index in [9.17, 15) is 0 Å². The third-order valence-corrected chi connectivity index (χ3v) is 4.43. The molecule has 0 aliphatic rings. The van der Waals surface area contributed by atoms with Crippen LogP contribution >= 0.6 is 63.7 Å². The molecule has 2 rings (SSSR count). The molecule has 0 amide bonds. The molecule has 0 saturated carbocycles. The van der Waals surface area contributed by atoms with Gasteiger partial charge in [0.2, 0.25) is 0 Å². The fourth-order valence-electron chi connectivity index (χ4n) is 1.33. The molecule has 88 valence electrons. The van der Waals surface area contributed by atoms with Crippen molar-refractivity contribution in [3.63, 3.8) is 0 Å². The Balaban J connectivity index is 2.31. The highest BCUT2D eigenvalue weighted by atomic mass is 79.9. The molecule has 0 heterocycles. The third-order valence-electron chi connectivity index (χ3n) is 2.13. The average molecular weight is 485 g/mol. The molecule has 0 unspecified atom stereocenters. The lowest BCUT2D eigenvalue weighted by Crippen LogP contribution is -1.92. The smallest absolute Gasteiger partial charge is 0.0529 e. The first-order valence-corrected chi connectivity index (χ1v) is 7.90. The molecule has 2 aromatic carbocycles. The third kappa shape index (κ3) is 3.56. The molecule has 1 N–H and O–H groups in total. The molecule has 0 spiro atoms. The van der Waals surface area contributed by atoms with E-state index in [1.807, 2.05) is 36.4 Å². The van der Waals surface area contributed by atoms with Crippen molar-refractivity contribution in [3.8, 4) is 0 Å². The summed E-state index contributed by atoms with van der Waals surface area (Å²) < 4.78 is 4.12. The fraction of sp³-hybridized carbons (Fsp3) is 0. The highest BCUT2D eigenvalue weighted by Gasteiger charge is 2.04. The Morgan fingerprint density at radius 3 is 1.41 bits per heavy atom. The standard InChI is InChI=1S/C12H7Br4N/c13-7-1-3-11(9(15)5-7)17-12-4-2-8(14)6-10(12)16/h1-6,17H. The molecule has 5 heteroatoms. The van der Waals surface area contributed by atoms with Gasteiger partial charge in [-0.3, -0.25) is 0 Å². The van der Waals surface area contributed by atoms with Gasteiger partial charge in [-0.25, -0.2) is 0 Å². The van der Waals surface area contributed by atoms with E-state index in [0.717, 1.165) is 29.3 Å². The summed E-state index contributed by atoms with van der Waals surface area (Å²) in [6.45, 7) is 0. The lowest BCUT2D eigenvalue weighted by atomic mass is 10.3.